The Kier molecular flexibility index (Phi) is 10.9. The molecule has 0 saturated heterocycles. The molecule has 220 valence electrons. The average Bonchev–Trinajstić information content (AvgIpc) is 3.38. The Hall–Kier alpha value is -3.86. The number of esters is 1. The number of nitrogens with one attached hydrogen (secondary N) is 5. The summed E-state index contributed by atoms with van der Waals surface area (Å²) in [5, 5.41) is 2.65. The zero-order chi connectivity index (χ0) is 30.2. The number of nitrogens with two attached hydrogens (primary N) is 2. The van der Waals surface area contributed by atoms with Crippen molar-refractivity contribution in [2.75, 3.05) is 19.7 Å². The number of guanidine groups is 1. The van der Waals surface area contributed by atoms with E-state index in [9.17, 15) is 18.0 Å². The molecule has 1 heterocycles. The van der Waals surface area contributed by atoms with Gasteiger partial charge in [0.05, 0.1) is 15.5 Å². The SMILES string of the molecule is Cc1cc(C)c(S(=O)(=O)NC(CNC(=O)c2ccc(-c3cccc([NH+]=C(N)N)c3)s2)C(=O)OCCNN[NH3+])c(C)c1. The molecule has 3 aromatic rings. The average molecular weight is 605 g/mol. The highest BCUT2D eigenvalue weighted by Crippen LogP contribution is 2.29. The number of amides is 1. The van der Waals surface area contributed by atoms with Gasteiger partial charge in [0, 0.05) is 18.0 Å². The van der Waals surface area contributed by atoms with E-state index in [1.807, 2.05) is 25.1 Å². The highest BCUT2D eigenvalue weighted by molar-refractivity contribution is 7.89. The fourth-order valence-electron chi connectivity index (χ4n) is 4.22. The predicted octanol–water partition coefficient (Wildman–Crippen LogP) is -1.80. The number of ether oxygens (including phenoxy) is 1. The molecule has 0 aliphatic carbocycles. The van der Waals surface area contributed by atoms with Crippen molar-refractivity contribution >= 4 is 44.9 Å². The van der Waals surface area contributed by atoms with E-state index in [-0.39, 0.29) is 30.6 Å². The smallest absolute Gasteiger partial charge is 0.343 e. The Bertz CT molecular complexity index is 1510. The first kappa shape index (κ1) is 31.7. The van der Waals surface area contributed by atoms with Gasteiger partial charge in [-0.1, -0.05) is 29.8 Å². The minimum Gasteiger partial charge on any atom is -0.463 e. The zero-order valence-electron chi connectivity index (χ0n) is 23.0. The molecule has 0 aliphatic rings. The van der Waals surface area contributed by atoms with Crippen molar-refractivity contribution in [1.29, 1.82) is 0 Å². The molecule has 0 bridgehead atoms. The van der Waals surface area contributed by atoms with Crippen LogP contribution in [0.4, 0.5) is 5.69 Å². The minimum absolute atomic E-state index is 0.0497. The Labute approximate surface area is 242 Å². The molecule has 3 rings (SSSR count). The normalized spacial score (nSPS) is 12.0. The molecule has 1 amide bonds. The Balaban J connectivity index is 1.78. The molecule has 1 unspecified atom stereocenters. The van der Waals surface area contributed by atoms with Crippen LogP contribution in [0.5, 0.6) is 0 Å². The van der Waals surface area contributed by atoms with Crippen molar-refractivity contribution in [1.82, 2.24) is 21.0 Å². The van der Waals surface area contributed by atoms with Gasteiger partial charge in [-0.2, -0.15) is 4.72 Å². The Morgan fingerprint density at radius 2 is 1.78 bits per heavy atom. The number of carbonyl (C=O) groups excluding carboxylic acids is 2. The number of quaternary nitrogens is 1. The lowest BCUT2D eigenvalue weighted by molar-refractivity contribution is -0.456. The van der Waals surface area contributed by atoms with E-state index < -0.39 is 27.9 Å². The molecular formula is C26H36N8O5S2+2. The molecule has 0 radical (unpaired) electrons. The lowest BCUT2D eigenvalue weighted by Crippen LogP contribution is -2.72. The summed E-state index contributed by atoms with van der Waals surface area (Å²) < 4.78 is 34.4. The van der Waals surface area contributed by atoms with Crippen molar-refractivity contribution in [2.45, 2.75) is 31.7 Å². The molecule has 15 heteroatoms. The van der Waals surface area contributed by atoms with Crippen LogP contribution in [0.15, 0.2) is 53.4 Å². The van der Waals surface area contributed by atoms with Gasteiger partial charge in [-0.3, -0.25) is 26.9 Å². The highest BCUT2D eigenvalue weighted by atomic mass is 32.2. The van der Waals surface area contributed by atoms with E-state index in [1.54, 1.807) is 44.2 Å². The van der Waals surface area contributed by atoms with E-state index in [4.69, 9.17) is 16.2 Å². The van der Waals surface area contributed by atoms with Gasteiger partial charge >= 0.3 is 11.9 Å². The monoisotopic (exact) mass is 604 g/mol. The molecule has 0 spiro atoms. The van der Waals surface area contributed by atoms with Crippen LogP contribution in [0, 0.1) is 20.8 Å². The largest absolute Gasteiger partial charge is 0.463 e. The third kappa shape index (κ3) is 8.81. The van der Waals surface area contributed by atoms with Gasteiger partial charge < -0.3 is 10.1 Å². The number of hydrazine groups is 1. The molecule has 0 fully saturated rings. The number of hydrogen-bond acceptors (Lipinski definition) is 8. The van der Waals surface area contributed by atoms with Gasteiger partial charge in [0.2, 0.25) is 10.0 Å². The fourth-order valence-corrected chi connectivity index (χ4v) is 6.77. The summed E-state index contributed by atoms with van der Waals surface area (Å²) >= 11 is 1.23. The van der Waals surface area contributed by atoms with Crippen LogP contribution in [0.3, 0.4) is 0 Å². The maximum Gasteiger partial charge on any atom is 0.343 e. The highest BCUT2D eigenvalue weighted by Gasteiger charge is 2.30. The van der Waals surface area contributed by atoms with E-state index in [0.717, 1.165) is 16.0 Å². The molecule has 0 saturated carbocycles. The van der Waals surface area contributed by atoms with Gasteiger partial charge in [0.1, 0.15) is 12.6 Å². The van der Waals surface area contributed by atoms with Crippen molar-refractivity contribution < 1.29 is 33.6 Å². The lowest BCUT2D eigenvalue weighted by Gasteiger charge is -2.20. The summed E-state index contributed by atoms with van der Waals surface area (Å²) in [5.74, 6) is 2.15. The van der Waals surface area contributed by atoms with Crippen LogP contribution in [-0.4, -0.2) is 52.0 Å². The summed E-state index contributed by atoms with van der Waals surface area (Å²) in [5.41, 5.74) is 19.7. The van der Waals surface area contributed by atoms with Crippen molar-refractivity contribution in [3.8, 4) is 10.4 Å². The molecule has 12 N–H and O–H groups in total. The summed E-state index contributed by atoms with van der Waals surface area (Å²) in [6.45, 7) is 5.09. The number of sulfonamides is 1. The first-order valence-corrected chi connectivity index (χ1v) is 14.9. The maximum atomic E-state index is 13.4. The maximum absolute atomic E-state index is 13.4. The van der Waals surface area contributed by atoms with E-state index >= 15 is 0 Å². The van der Waals surface area contributed by atoms with Crippen LogP contribution in [0.25, 0.3) is 10.4 Å². The molecule has 1 aromatic heterocycles. The Morgan fingerprint density at radius 1 is 1.07 bits per heavy atom. The number of carbonyl (C=O) groups is 2. The Morgan fingerprint density at radius 3 is 2.44 bits per heavy atom. The third-order valence-corrected chi connectivity index (χ3v) is 8.69. The first-order chi connectivity index (χ1) is 19.4. The minimum atomic E-state index is -4.14. The second-order valence-corrected chi connectivity index (χ2v) is 11.9. The molecule has 2 aromatic carbocycles. The molecule has 41 heavy (non-hydrogen) atoms. The molecular weight excluding hydrogens is 568 g/mol. The number of thiophene rings is 1. The van der Waals surface area contributed by atoms with Gasteiger partial charge in [0.15, 0.2) is 0 Å². The van der Waals surface area contributed by atoms with Crippen LogP contribution in [0.1, 0.15) is 26.4 Å². The van der Waals surface area contributed by atoms with Gasteiger partial charge in [-0.05, 0) is 61.7 Å². The van der Waals surface area contributed by atoms with Crippen LogP contribution in [0.2, 0.25) is 0 Å². The lowest BCUT2D eigenvalue weighted by atomic mass is 10.1. The molecule has 0 aliphatic heterocycles. The van der Waals surface area contributed by atoms with E-state index in [2.05, 4.69) is 31.8 Å². The van der Waals surface area contributed by atoms with E-state index in [0.29, 0.717) is 21.7 Å². The molecule has 1 atom stereocenters. The number of benzene rings is 2. The second-order valence-electron chi connectivity index (χ2n) is 9.21. The van der Waals surface area contributed by atoms with Crippen molar-refractivity contribution in [3.63, 3.8) is 0 Å². The standard InChI is InChI=1S/C26H34N8O5S2/c1-15-11-16(2)23(17(3)12-15)41(37,38)33-20(25(36)39-10-9-31-34-29)14-30-24(35)22-8-7-21(40-22)18-5-4-6-19(13-18)32-26(27)28/h4-8,11-13,20,31,33-34H,9-10,14,29H2,1-3H3,(H,30,35)(H4,27,28,32)/p+2. The summed E-state index contributed by atoms with van der Waals surface area (Å²) in [6, 6.07) is 12.9. The summed E-state index contributed by atoms with van der Waals surface area (Å²) in [7, 11) is -4.14. The van der Waals surface area contributed by atoms with Crippen molar-refractivity contribution in [3.05, 3.63) is 70.1 Å². The topological polar surface area (TPSA) is 219 Å². The number of hydrogen-bond donors (Lipinski definition) is 8. The zero-order valence-corrected chi connectivity index (χ0v) is 24.7. The quantitative estimate of drug-likeness (QED) is 0.0362. The summed E-state index contributed by atoms with van der Waals surface area (Å²) in [4.78, 5) is 30.0. The third-order valence-electron chi connectivity index (χ3n) is 5.78. The first-order valence-electron chi connectivity index (χ1n) is 12.6. The predicted molar refractivity (Wildman–Crippen MR) is 156 cm³/mol. The van der Waals surface area contributed by atoms with Crippen LogP contribution in [-0.2, 0) is 19.6 Å². The van der Waals surface area contributed by atoms with Gasteiger partial charge in [-0.15, -0.1) is 16.9 Å². The summed E-state index contributed by atoms with van der Waals surface area (Å²) in [6.07, 6.45) is 0. The number of aryl methyl sites for hydroxylation is 3. The fraction of sp³-hybridized carbons (Fsp3) is 0.269. The van der Waals surface area contributed by atoms with Gasteiger partial charge in [0.25, 0.3) is 5.91 Å². The van der Waals surface area contributed by atoms with Gasteiger partial charge in [-0.25, -0.2) is 18.8 Å². The van der Waals surface area contributed by atoms with Crippen molar-refractivity contribution in [2.24, 2.45) is 11.5 Å². The second kappa shape index (κ2) is 14.2. The van der Waals surface area contributed by atoms with Crippen LogP contribution < -0.4 is 43.3 Å². The molecule has 13 nitrogen and oxygen atoms in total. The number of rotatable bonds is 13. The van der Waals surface area contributed by atoms with E-state index in [1.165, 1.54) is 11.3 Å². The van der Waals surface area contributed by atoms with Crippen LogP contribution >= 0.6 is 11.3 Å².